The summed E-state index contributed by atoms with van der Waals surface area (Å²) in [5.41, 5.74) is 1.46. The van der Waals surface area contributed by atoms with Gasteiger partial charge in [-0.25, -0.2) is 9.37 Å². The molecule has 0 spiro atoms. The summed E-state index contributed by atoms with van der Waals surface area (Å²) in [6.45, 7) is 1.88. The van der Waals surface area contributed by atoms with E-state index in [9.17, 15) is 9.18 Å². The smallest absolute Gasteiger partial charge is 0.266 e. The largest absolute Gasteiger partial charge is 0.396 e. The molecule has 1 N–H and O–H groups in total. The lowest BCUT2D eigenvalue weighted by Gasteiger charge is -2.13. The van der Waals surface area contributed by atoms with E-state index < -0.39 is 0 Å². The van der Waals surface area contributed by atoms with Gasteiger partial charge in [0.15, 0.2) is 5.16 Å². The van der Waals surface area contributed by atoms with Crippen LogP contribution in [0.15, 0.2) is 52.4 Å². The summed E-state index contributed by atoms with van der Waals surface area (Å²) < 4.78 is 15.6. The first-order valence-electron chi connectivity index (χ1n) is 8.64. The topological polar surface area (TPSA) is 55.1 Å². The molecule has 0 atom stereocenters. The Hall–Kier alpha value is -2.18. The summed E-state index contributed by atoms with van der Waals surface area (Å²) in [6, 6.07) is 12.0. The van der Waals surface area contributed by atoms with Crippen LogP contribution in [0.2, 0.25) is 0 Å². The number of unbranched alkanes of at least 4 members (excludes halogenated alkanes) is 2. The maximum atomic E-state index is 14.1. The van der Waals surface area contributed by atoms with E-state index >= 15 is 0 Å². The van der Waals surface area contributed by atoms with Crippen molar-refractivity contribution in [1.82, 2.24) is 9.55 Å². The van der Waals surface area contributed by atoms with Gasteiger partial charge in [0.2, 0.25) is 0 Å². The standard InChI is InChI=1S/C20H21FN2O2S/c1-14-9-10-15(13-17(14)21)23-19(25)16-7-3-4-8-18(16)22-20(23)26-12-6-2-5-11-24/h3-4,7-10,13,24H,2,5-6,11-12H2,1H3. The predicted molar refractivity (Wildman–Crippen MR) is 104 cm³/mol. The van der Waals surface area contributed by atoms with Gasteiger partial charge in [0.25, 0.3) is 5.56 Å². The van der Waals surface area contributed by atoms with Crippen molar-refractivity contribution >= 4 is 22.7 Å². The third kappa shape index (κ3) is 3.97. The first-order chi connectivity index (χ1) is 12.6. The van der Waals surface area contributed by atoms with Crippen LogP contribution in [0.5, 0.6) is 0 Å². The average Bonchev–Trinajstić information content (AvgIpc) is 2.64. The van der Waals surface area contributed by atoms with Gasteiger partial charge in [-0.05, 0) is 49.6 Å². The molecule has 0 saturated heterocycles. The molecule has 0 fully saturated rings. The number of nitrogens with zero attached hydrogens (tertiary/aromatic N) is 2. The van der Waals surface area contributed by atoms with Crippen molar-refractivity contribution in [2.75, 3.05) is 12.4 Å². The van der Waals surface area contributed by atoms with Crippen LogP contribution in [-0.2, 0) is 0 Å². The van der Waals surface area contributed by atoms with Crippen LogP contribution in [0.1, 0.15) is 24.8 Å². The molecular formula is C20H21FN2O2S. The highest BCUT2D eigenvalue weighted by Crippen LogP contribution is 2.23. The maximum absolute atomic E-state index is 14.1. The van der Waals surface area contributed by atoms with Crippen LogP contribution in [0.4, 0.5) is 4.39 Å². The predicted octanol–water partition coefficient (Wildman–Crippen LogP) is 4.09. The SMILES string of the molecule is Cc1ccc(-n2c(SCCCCCO)nc3ccccc3c2=O)cc1F. The van der Waals surface area contributed by atoms with Crippen LogP contribution >= 0.6 is 11.8 Å². The van der Waals surface area contributed by atoms with Crippen LogP contribution in [0.3, 0.4) is 0 Å². The Kier molecular flexibility index (Phi) is 6.06. The first kappa shape index (κ1) is 18.6. The fraction of sp³-hybridized carbons (Fsp3) is 0.300. The molecule has 1 aromatic heterocycles. The number of benzene rings is 2. The number of aliphatic hydroxyl groups is 1. The van der Waals surface area contributed by atoms with Gasteiger partial charge >= 0.3 is 0 Å². The fourth-order valence-electron chi connectivity index (χ4n) is 2.71. The molecule has 0 radical (unpaired) electrons. The van der Waals surface area contributed by atoms with Gasteiger partial charge in [-0.3, -0.25) is 9.36 Å². The van der Waals surface area contributed by atoms with Crippen LogP contribution in [0, 0.1) is 12.7 Å². The number of para-hydroxylation sites is 1. The Morgan fingerprint density at radius 1 is 1.15 bits per heavy atom. The Morgan fingerprint density at radius 2 is 1.96 bits per heavy atom. The molecule has 0 aliphatic heterocycles. The summed E-state index contributed by atoms with van der Waals surface area (Å²) in [5, 5.41) is 9.95. The van der Waals surface area contributed by atoms with Crippen molar-refractivity contribution in [3.8, 4) is 5.69 Å². The Balaban J connectivity index is 2.05. The lowest BCUT2D eigenvalue weighted by molar-refractivity contribution is 0.284. The molecule has 0 aliphatic rings. The van der Waals surface area contributed by atoms with Gasteiger partial charge in [0.1, 0.15) is 5.82 Å². The molecular weight excluding hydrogens is 351 g/mol. The minimum atomic E-state index is -0.346. The van der Waals surface area contributed by atoms with E-state index in [1.165, 1.54) is 22.4 Å². The van der Waals surface area contributed by atoms with E-state index in [-0.39, 0.29) is 18.0 Å². The molecule has 6 heteroatoms. The third-order valence-electron chi connectivity index (χ3n) is 4.19. The number of aryl methyl sites for hydroxylation is 1. The van der Waals surface area contributed by atoms with Gasteiger partial charge in [0.05, 0.1) is 16.6 Å². The number of halogens is 1. The molecule has 136 valence electrons. The summed E-state index contributed by atoms with van der Waals surface area (Å²) in [5.74, 6) is 0.431. The second kappa shape index (κ2) is 8.47. The van der Waals surface area contributed by atoms with Gasteiger partial charge in [-0.2, -0.15) is 0 Å². The van der Waals surface area contributed by atoms with Gasteiger partial charge in [-0.15, -0.1) is 0 Å². The van der Waals surface area contributed by atoms with E-state index in [4.69, 9.17) is 5.11 Å². The highest BCUT2D eigenvalue weighted by Gasteiger charge is 2.14. The molecule has 3 rings (SSSR count). The molecule has 0 bridgehead atoms. The Labute approximate surface area is 155 Å². The molecule has 4 nitrogen and oxygen atoms in total. The molecule has 0 aliphatic carbocycles. The maximum Gasteiger partial charge on any atom is 0.266 e. The van der Waals surface area contributed by atoms with Gasteiger partial charge in [0, 0.05) is 12.4 Å². The quantitative estimate of drug-likeness (QED) is 0.386. The van der Waals surface area contributed by atoms with E-state index in [0.717, 1.165) is 25.0 Å². The molecule has 0 saturated carbocycles. The lowest BCUT2D eigenvalue weighted by Crippen LogP contribution is -2.22. The Morgan fingerprint density at radius 3 is 2.73 bits per heavy atom. The third-order valence-corrected chi connectivity index (χ3v) is 5.22. The molecule has 0 amide bonds. The zero-order chi connectivity index (χ0) is 18.5. The summed E-state index contributed by atoms with van der Waals surface area (Å²) in [7, 11) is 0. The monoisotopic (exact) mass is 372 g/mol. The number of fused-ring (bicyclic) bond motifs is 1. The second-order valence-electron chi connectivity index (χ2n) is 6.12. The minimum absolute atomic E-state index is 0.187. The van der Waals surface area contributed by atoms with Crippen molar-refractivity contribution < 1.29 is 9.50 Å². The summed E-state index contributed by atoms with van der Waals surface area (Å²) in [4.78, 5) is 17.7. The first-order valence-corrected chi connectivity index (χ1v) is 9.62. The van der Waals surface area contributed by atoms with Crippen molar-refractivity contribution in [3.05, 3.63) is 64.2 Å². The summed E-state index contributed by atoms with van der Waals surface area (Å²) >= 11 is 1.48. The van der Waals surface area contributed by atoms with E-state index in [0.29, 0.717) is 27.3 Å². The number of rotatable bonds is 7. The van der Waals surface area contributed by atoms with Crippen LogP contribution in [-0.4, -0.2) is 27.0 Å². The molecule has 3 aromatic rings. The van der Waals surface area contributed by atoms with Crippen molar-refractivity contribution in [2.24, 2.45) is 0 Å². The zero-order valence-corrected chi connectivity index (χ0v) is 15.4. The average molecular weight is 372 g/mol. The summed E-state index contributed by atoms with van der Waals surface area (Å²) in [6.07, 6.45) is 2.60. The molecule has 0 unspecified atom stereocenters. The lowest BCUT2D eigenvalue weighted by atomic mass is 10.2. The van der Waals surface area contributed by atoms with Crippen molar-refractivity contribution in [3.63, 3.8) is 0 Å². The minimum Gasteiger partial charge on any atom is -0.396 e. The fourth-order valence-corrected chi connectivity index (χ4v) is 3.72. The normalized spacial score (nSPS) is 11.2. The van der Waals surface area contributed by atoms with Gasteiger partial charge < -0.3 is 5.11 Å². The van der Waals surface area contributed by atoms with E-state index in [1.807, 2.05) is 12.1 Å². The van der Waals surface area contributed by atoms with Crippen LogP contribution in [0.25, 0.3) is 16.6 Å². The zero-order valence-electron chi connectivity index (χ0n) is 14.6. The van der Waals surface area contributed by atoms with Crippen molar-refractivity contribution in [1.29, 1.82) is 0 Å². The van der Waals surface area contributed by atoms with E-state index in [2.05, 4.69) is 4.98 Å². The van der Waals surface area contributed by atoms with E-state index in [1.54, 1.807) is 31.2 Å². The number of hydrogen-bond acceptors (Lipinski definition) is 4. The molecule has 26 heavy (non-hydrogen) atoms. The Bertz CT molecular complexity index is 972. The number of aliphatic hydroxyl groups excluding tert-OH is 1. The second-order valence-corrected chi connectivity index (χ2v) is 7.18. The molecule has 1 heterocycles. The number of hydrogen-bond donors (Lipinski definition) is 1. The highest BCUT2D eigenvalue weighted by atomic mass is 32.2. The molecule has 2 aromatic carbocycles. The van der Waals surface area contributed by atoms with Crippen molar-refractivity contribution in [2.45, 2.75) is 31.3 Å². The van der Waals surface area contributed by atoms with Crippen LogP contribution < -0.4 is 5.56 Å². The number of thioether (sulfide) groups is 1. The van der Waals surface area contributed by atoms with Gasteiger partial charge in [-0.1, -0.05) is 36.4 Å². The highest BCUT2D eigenvalue weighted by molar-refractivity contribution is 7.99. The number of aromatic nitrogens is 2.